The van der Waals surface area contributed by atoms with Gasteiger partial charge in [-0.2, -0.15) is 5.26 Å². The van der Waals surface area contributed by atoms with Crippen LogP contribution in [-0.4, -0.2) is 57.6 Å². The highest BCUT2D eigenvalue weighted by molar-refractivity contribution is 5.93. The van der Waals surface area contributed by atoms with Gasteiger partial charge in [-0.3, -0.25) is 4.90 Å². The molecule has 2 N–H and O–H groups in total. The molecule has 1 aliphatic heterocycles. The van der Waals surface area contributed by atoms with Gasteiger partial charge in [-0.1, -0.05) is 19.1 Å². The average molecular weight is 552 g/mol. The van der Waals surface area contributed by atoms with Gasteiger partial charge in [0.05, 0.1) is 24.4 Å². The molecule has 0 aliphatic carbocycles. The molecule has 1 aliphatic rings. The number of urea groups is 1. The average Bonchev–Trinajstić information content (AvgIpc) is 3.61. The summed E-state index contributed by atoms with van der Waals surface area (Å²) < 4.78 is 6.96. The first-order valence-corrected chi connectivity index (χ1v) is 13.6. The number of ether oxygens (including phenoxy) is 1. The third kappa shape index (κ3) is 5.85. The van der Waals surface area contributed by atoms with Crippen LogP contribution < -0.4 is 15.0 Å². The minimum absolute atomic E-state index is 0.0700. The second-order valence-electron chi connectivity index (χ2n) is 9.87. The number of amides is 2. The molecule has 0 radical (unpaired) electrons. The van der Waals surface area contributed by atoms with Gasteiger partial charge in [0, 0.05) is 61.9 Å². The van der Waals surface area contributed by atoms with E-state index < -0.39 is 0 Å². The summed E-state index contributed by atoms with van der Waals surface area (Å²) in [5.41, 5.74) is 5.83. The number of anilines is 3. The predicted octanol–water partition coefficient (Wildman–Crippen LogP) is 4.74. The maximum atomic E-state index is 13.3. The van der Waals surface area contributed by atoms with E-state index in [4.69, 9.17) is 14.8 Å². The number of aliphatic hydroxyl groups is 1. The molecule has 0 bridgehead atoms. The maximum Gasteiger partial charge on any atom is 0.326 e. The number of aromatic nitrogens is 3. The fourth-order valence-electron chi connectivity index (χ4n) is 5.04. The van der Waals surface area contributed by atoms with Crippen LogP contribution in [0.15, 0.2) is 60.8 Å². The van der Waals surface area contributed by atoms with E-state index in [0.717, 1.165) is 45.9 Å². The fourth-order valence-corrected chi connectivity index (χ4v) is 5.04. The smallest absolute Gasteiger partial charge is 0.326 e. The number of nitrogens with one attached hydrogen (secondary N) is 1. The van der Waals surface area contributed by atoms with E-state index >= 15 is 0 Å². The Hall–Kier alpha value is -4.88. The normalized spacial score (nSPS) is 13.0. The second-order valence-corrected chi connectivity index (χ2v) is 9.87. The molecule has 4 aromatic rings. The predicted molar refractivity (Wildman–Crippen MR) is 157 cm³/mol. The van der Waals surface area contributed by atoms with Crippen LogP contribution in [0.1, 0.15) is 34.9 Å². The molecule has 10 heteroatoms. The van der Waals surface area contributed by atoms with E-state index in [1.807, 2.05) is 68.6 Å². The fraction of sp³-hybridized carbons (Fsp3) is 0.290. The molecule has 0 saturated carbocycles. The molecule has 2 aromatic carbocycles. The summed E-state index contributed by atoms with van der Waals surface area (Å²) in [7, 11) is 1.63. The van der Waals surface area contributed by atoms with Crippen molar-refractivity contribution >= 4 is 23.4 Å². The Kier molecular flexibility index (Phi) is 8.17. The molecular weight excluding hydrogens is 518 g/mol. The van der Waals surface area contributed by atoms with Crippen molar-refractivity contribution in [2.45, 2.75) is 33.2 Å². The summed E-state index contributed by atoms with van der Waals surface area (Å²) in [6.07, 6.45) is 2.93. The minimum atomic E-state index is -0.0946. The van der Waals surface area contributed by atoms with Crippen LogP contribution in [0.4, 0.5) is 22.1 Å². The Bertz CT molecular complexity index is 1590. The molecular formula is C31H33N7O3. The number of carbonyl (C=O) groups is 1. The molecule has 0 unspecified atom stereocenters. The lowest BCUT2D eigenvalue weighted by molar-refractivity contribution is 0.218. The number of hydrogen-bond donors (Lipinski definition) is 2. The van der Waals surface area contributed by atoms with Gasteiger partial charge in [0.1, 0.15) is 11.6 Å². The molecule has 41 heavy (non-hydrogen) atoms. The lowest BCUT2D eigenvalue weighted by atomic mass is 10.1. The molecule has 2 aromatic heterocycles. The largest absolute Gasteiger partial charge is 0.497 e. The number of carbonyl (C=O) groups excluding carboxylic acids is 1. The zero-order chi connectivity index (χ0) is 28.9. The Morgan fingerprint density at radius 1 is 1.12 bits per heavy atom. The Morgan fingerprint density at radius 3 is 2.63 bits per heavy atom. The van der Waals surface area contributed by atoms with Gasteiger partial charge in [-0.05, 0) is 60.9 Å². The van der Waals surface area contributed by atoms with Crippen LogP contribution in [0.3, 0.4) is 0 Å². The van der Waals surface area contributed by atoms with Crippen LogP contribution in [0.2, 0.25) is 0 Å². The van der Waals surface area contributed by atoms with Crippen molar-refractivity contribution in [1.29, 1.82) is 5.26 Å². The maximum absolute atomic E-state index is 13.3. The number of nitriles is 1. The van der Waals surface area contributed by atoms with E-state index in [2.05, 4.69) is 11.4 Å². The third-order valence-electron chi connectivity index (χ3n) is 7.18. The highest BCUT2D eigenvalue weighted by atomic mass is 16.5. The van der Waals surface area contributed by atoms with Crippen molar-refractivity contribution in [3.63, 3.8) is 0 Å². The van der Waals surface area contributed by atoms with Gasteiger partial charge >= 0.3 is 6.03 Å². The van der Waals surface area contributed by atoms with Gasteiger partial charge in [0.2, 0.25) is 0 Å². The summed E-state index contributed by atoms with van der Waals surface area (Å²) >= 11 is 0. The van der Waals surface area contributed by atoms with Crippen molar-refractivity contribution in [2.75, 3.05) is 37.0 Å². The standard InChI is InChI=1S/C31H33N7O3/c1-4-24-18-23(19-32)7-10-27(24)34-30-26(12-16-39)28(17-21(2)33-30)38-13-11-29(35-38)37-15-14-36(31(37)40)20-22-5-8-25(41-3)9-6-22/h5-11,13,17-18,39H,4,12,14-16,20H2,1-3H3,(H,33,34). The molecule has 1 saturated heterocycles. The van der Waals surface area contributed by atoms with Gasteiger partial charge in [-0.15, -0.1) is 5.10 Å². The van der Waals surface area contributed by atoms with Crippen LogP contribution in [0.25, 0.3) is 5.69 Å². The zero-order valence-electron chi connectivity index (χ0n) is 23.5. The Morgan fingerprint density at radius 2 is 1.93 bits per heavy atom. The van der Waals surface area contributed by atoms with E-state index in [1.54, 1.807) is 27.7 Å². The number of rotatable bonds is 10. The highest BCUT2D eigenvalue weighted by Gasteiger charge is 2.31. The van der Waals surface area contributed by atoms with Crippen molar-refractivity contribution in [2.24, 2.45) is 0 Å². The van der Waals surface area contributed by atoms with Gasteiger partial charge in [-0.25, -0.2) is 14.5 Å². The number of hydrogen-bond acceptors (Lipinski definition) is 7. The highest BCUT2D eigenvalue weighted by Crippen LogP contribution is 2.30. The van der Waals surface area contributed by atoms with E-state index in [9.17, 15) is 15.2 Å². The number of nitrogens with zero attached hydrogens (tertiary/aromatic N) is 6. The number of benzene rings is 2. The Balaban J connectivity index is 1.40. The zero-order valence-corrected chi connectivity index (χ0v) is 23.5. The van der Waals surface area contributed by atoms with Crippen molar-refractivity contribution < 1.29 is 14.6 Å². The number of methoxy groups -OCH3 is 1. The van der Waals surface area contributed by atoms with Crippen molar-refractivity contribution in [1.82, 2.24) is 19.7 Å². The summed E-state index contributed by atoms with van der Waals surface area (Å²) in [6, 6.07) is 19.1. The quantitative estimate of drug-likeness (QED) is 0.292. The van der Waals surface area contributed by atoms with E-state index in [1.165, 1.54) is 0 Å². The summed E-state index contributed by atoms with van der Waals surface area (Å²) in [5, 5.41) is 27.4. The lowest BCUT2D eigenvalue weighted by Gasteiger charge is -2.18. The topological polar surface area (TPSA) is 120 Å². The summed E-state index contributed by atoms with van der Waals surface area (Å²) in [5.74, 6) is 1.96. The molecule has 10 nitrogen and oxygen atoms in total. The monoisotopic (exact) mass is 551 g/mol. The van der Waals surface area contributed by atoms with Crippen LogP contribution in [0.5, 0.6) is 5.75 Å². The third-order valence-corrected chi connectivity index (χ3v) is 7.18. The number of aliphatic hydroxyl groups excluding tert-OH is 1. The van der Waals surface area contributed by atoms with Gasteiger partial charge in [0.25, 0.3) is 0 Å². The molecule has 1 fully saturated rings. The Labute approximate surface area is 239 Å². The van der Waals surface area contributed by atoms with Gasteiger partial charge in [0.15, 0.2) is 5.82 Å². The summed E-state index contributed by atoms with van der Waals surface area (Å²) in [4.78, 5) is 21.5. The molecule has 2 amide bonds. The molecule has 210 valence electrons. The SMILES string of the molecule is CCc1cc(C#N)ccc1Nc1nc(C)cc(-n2ccc(N3CCN(Cc4ccc(OC)cc4)C3=O)n2)c1CCO. The molecule has 5 rings (SSSR count). The van der Waals surface area contributed by atoms with Crippen LogP contribution in [0, 0.1) is 18.3 Å². The van der Waals surface area contributed by atoms with Crippen molar-refractivity contribution in [3.05, 3.63) is 88.7 Å². The van der Waals surface area contributed by atoms with E-state index in [0.29, 0.717) is 43.3 Å². The molecule has 0 atom stereocenters. The first kappa shape index (κ1) is 27.7. The first-order valence-electron chi connectivity index (χ1n) is 13.6. The summed E-state index contributed by atoms with van der Waals surface area (Å²) in [6.45, 7) is 5.51. The molecule has 0 spiro atoms. The van der Waals surface area contributed by atoms with Gasteiger partial charge < -0.3 is 20.1 Å². The molecule has 3 heterocycles. The van der Waals surface area contributed by atoms with Crippen molar-refractivity contribution in [3.8, 4) is 17.5 Å². The van der Waals surface area contributed by atoms with Crippen LogP contribution >= 0.6 is 0 Å². The van der Waals surface area contributed by atoms with Crippen LogP contribution in [-0.2, 0) is 19.4 Å². The lowest BCUT2D eigenvalue weighted by Crippen LogP contribution is -2.31. The van der Waals surface area contributed by atoms with E-state index in [-0.39, 0.29) is 12.6 Å². The minimum Gasteiger partial charge on any atom is -0.497 e. The number of aryl methyl sites for hydroxylation is 2. The first-order chi connectivity index (χ1) is 19.9. The second kappa shape index (κ2) is 12.1. The number of pyridine rings is 1.